The van der Waals surface area contributed by atoms with Crippen molar-refractivity contribution in [1.29, 1.82) is 0 Å². The number of phenolic OH excluding ortho intramolecular Hbond substituents is 1. The average Bonchev–Trinajstić information content (AvgIpc) is 3.24. The van der Waals surface area contributed by atoms with Gasteiger partial charge in [-0.15, -0.1) is 0 Å². The Morgan fingerprint density at radius 2 is 2.00 bits per heavy atom. The zero-order valence-corrected chi connectivity index (χ0v) is 16.7. The van der Waals surface area contributed by atoms with Gasteiger partial charge >= 0.3 is 0 Å². The normalized spacial score (nSPS) is 16.5. The van der Waals surface area contributed by atoms with Gasteiger partial charge in [-0.1, -0.05) is 12.1 Å². The molecule has 0 spiro atoms. The zero-order valence-electron chi connectivity index (χ0n) is 16.7. The van der Waals surface area contributed by atoms with Gasteiger partial charge in [0.1, 0.15) is 11.5 Å². The first-order valence-corrected chi connectivity index (χ1v) is 9.58. The highest BCUT2D eigenvalue weighted by atomic mass is 16.5. The number of ketones is 1. The van der Waals surface area contributed by atoms with Crippen LogP contribution in [0.2, 0.25) is 0 Å². The van der Waals surface area contributed by atoms with Crippen LogP contribution in [0, 0.1) is 0 Å². The summed E-state index contributed by atoms with van der Waals surface area (Å²) < 4.78 is 5.30. The van der Waals surface area contributed by atoms with Gasteiger partial charge in [-0.25, -0.2) is 0 Å². The summed E-state index contributed by atoms with van der Waals surface area (Å²) in [5.74, 6) is -0.745. The van der Waals surface area contributed by atoms with Gasteiger partial charge in [0.05, 0.1) is 18.7 Å². The van der Waals surface area contributed by atoms with E-state index in [1.54, 1.807) is 19.2 Å². The molecule has 2 heterocycles. The van der Waals surface area contributed by atoms with Crippen molar-refractivity contribution < 1.29 is 24.5 Å². The lowest BCUT2D eigenvalue weighted by atomic mass is 9.96. The average molecular weight is 406 g/mol. The molecule has 0 unspecified atom stereocenters. The Labute approximate surface area is 173 Å². The van der Waals surface area contributed by atoms with Crippen LogP contribution in [0.5, 0.6) is 11.5 Å². The molecule has 4 rings (SSSR count). The number of rotatable bonds is 6. The van der Waals surface area contributed by atoms with Crippen LogP contribution in [-0.4, -0.2) is 45.4 Å². The molecule has 7 nitrogen and oxygen atoms in total. The molecular formula is C23H22N2O5. The SMILES string of the molecule is COc1ccc2[nH]cc(CCN3C(=O)C(O)=C(C(C)=O)[C@@H]3c3cccc(O)c3)c2c1. The van der Waals surface area contributed by atoms with Gasteiger partial charge in [-0.05, 0) is 54.8 Å². The number of hydrogen-bond donors (Lipinski definition) is 3. The minimum atomic E-state index is -0.748. The minimum absolute atomic E-state index is 0.0258. The molecule has 2 aromatic carbocycles. The summed E-state index contributed by atoms with van der Waals surface area (Å²) in [5, 5.41) is 21.2. The molecule has 30 heavy (non-hydrogen) atoms. The molecule has 1 aliphatic heterocycles. The fraction of sp³-hybridized carbons (Fsp3) is 0.217. The van der Waals surface area contributed by atoms with E-state index in [-0.39, 0.29) is 23.7 Å². The van der Waals surface area contributed by atoms with Crippen molar-refractivity contribution in [2.75, 3.05) is 13.7 Å². The van der Waals surface area contributed by atoms with Crippen LogP contribution in [0.15, 0.2) is 60.0 Å². The lowest BCUT2D eigenvalue weighted by molar-refractivity contribution is -0.129. The van der Waals surface area contributed by atoms with E-state index in [1.165, 1.54) is 24.0 Å². The van der Waals surface area contributed by atoms with Crippen molar-refractivity contribution in [3.63, 3.8) is 0 Å². The van der Waals surface area contributed by atoms with Crippen LogP contribution in [0.4, 0.5) is 0 Å². The summed E-state index contributed by atoms with van der Waals surface area (Å²) in [7, 11) is 1.61. The molecular weight excluding hydrogens is 384 g/mol. The van der Waals surface area contributed by atoms with Crippen LogP contribution < -0.4 is 4.74 Å². The number of hydrogen-bond acceptors (Lipinski definition) is 5. The number of carbonyl (C=O) groups is 2. The number of amides is 1. The molecule has 7 heteroatoms. The number of phenols is 1. The lowest BCUT2D eigenvalue weighted by Crippen LogP contribution is -2.32. The summed E-state index contributed by atoms with van der Waals surface area (Å²) in [6, 6.07) is 11.4. The Morgan fingerprint density at radius 1 is 1.20 bits per heavy atom. The third-order valence-corrected chi connectivity index (χ3v) is 5.47. The van der Waals surface area contributed by atoms with Gasteiger partial charge in [0.15, 0.2) is 11.5 Å². The number of H-pyrrole nitrogens is 1. The van der Waals surface area contributed by atoms with Crippen molar-refractivity contribution in [1.82, 2.24) is 9.88 Å². The fourth-order valence-corrected chi connectivity index (χ4v) is 4.02. The summed E-state index contributed by atoms with van der Waals surface area (Å²) in [5.41, 5.74) is 2.56. The molecule has 1 aliphatic rings. The monoisotopic (exact) mass is 406 g/mol. The Kier molecular flexibility index (Phi) is 4.95. The van der Waals surface area contributed by atoms with Crippen LogP contribution >= 0.6 is 0 Å². The fourth-order valence-electron chi connectivity index (χ4n) is 4.02. The number of nitrogens with one attached hydrogen (secondary N) is 1. The van der Waals surface area contributed by atoms with E-state index in [9.17, 15) is 19.8 Å². The number of methoxy groups -OCH3 is 1. The minimum Gasteiger partial charge on any atom is -0.508 e. The number of benzene rings is 2. The van der Waals surface area contributed by atoms with Crippen molar-refractivity contribution in [3.05, 3.63) is 71.1 Å². The second kappa shape index (κ2) is 7.59. The number of aromatic amines is 1. The van der Waals surface area contributed by atoms with Gasteiger partial charge in [0.2, 0.25) is 0 Å². The maximum atomic E-state index is 12.8. The highest BCUT2D eigenvalue weighted by molar-refractivity contribution is 6.08. The van der Waals surface area contributed by atoms with E-state index >= 15 is 0 Å². The summed E-state index contributed by atoms with van der Waals surface area (Å²) in [6.07, 6.45) is 2.39. The first-order valence-electron chi connectivity index (χ1n) is 9.58. The van der Waals surface area contributed by atoms with E-state index in [4.69, 9.17) is 4.74 Å². The van der Waals surface area contributed by atoms with Gasteiger partial charge in [0.25, 0.3) is 5.91 Å². The zero-order chi connectivity index (χ0) is 21.4. The molecule has 0 radical (unpaired) electrons. The highest BCUT2D eigenvalue weighted by Gasteiger charge is 2.42. The first kappa shape index (κ1) is 19.6. The predicted molar refractivity (Wildman–Crippen MR) is 111 cm³/mol. The molecule has 3 aromatic rings. The molecule has 1 amide bonds. The van der Waals surface area contributed by atoms with Crippen molar-refractivity contribution >= 4 is 22.6 Å². The van der Waals surface area contributed by atoms with Crippen LogP contribution in [0.3, 0.4) is 0 Å². The van der Waals surface area contributed by atoms with Crippen LogP contribution in [0.25, 0.3) is 10.9 Å². The quantitative estimate of drug-likeness (QED) is 0.582. The Hall–Kier alpha value is -3.74. The second-order valence-electron chi connectivity index (χ2n) is 7.29. The molecule has 0 saturated carbocycles. The van der Waals surface area contributed by atoms with Crippen molar-refractivity contribution in [2.45, 2.75) is 19.4 Å². The second-order valence-corrected chi connectivity index (χ2v) is 7.29. The summed E-state index contributed by atoms with van der Waals surface area (Å²) >= 11 is 0. The molecule has 0 aliphatic carbocycles. The number of aromatic nitrogens is 1. The number of carbonyl (C=O) groups excluding carboxylic acids is 2. The number of aliphatic hydroxyl groups excluding tert-OH is 1. The standard InChI is InChI=1S/C23H22N2O5/c1-13(26)20-21(14-4-3-5-16(27)10-14)25(23(29)22(20)28)9-8-15-12-24-19-7-6-17(30-2)11-18(15)19/h3-7,10-12,21,24,27-28H,8-9H2,1-2H3/t21-/m0/s1. The first-order chi connectivity index (χ1) is 14.4. The Balaban J connectivity index is 1.67. The third-order valence-electron chi connectivity index (χ3n) is 5.47. The number of Topliss-reactive ketones (excluding diaryl/α,β-unsaturated/α-hetero) is 1. The van der Waals surface area contributed by atoms with E-state index < -0.39 is 17.7 Å². The molecule has 1 aromatic heterocycles. The molecule has 0 bridgehead atoms. The molecule has 0 saturated heterocycles. The number of ether oxygens (including phenoxy) is 1. The van der Waals surface area contributed by atoms with Crippen molar-refractivity contribution in [2.24, 2.45) is 0 Å². The van der Waals surface area contributed by atoms with E-state index in [0.29, 0.717) is 12.0 Å². The highest BCUT2D eigenvalue weighted by Crippen LogP contribution is 2.38. The van der Waals surface area contributed by atoms with Gasteiger partial charge in [-0.3, -0.25) is 9.59 Å². The van der Waals surface area contributed by atoms with E-state index in [1.807, 2.05) is 24.4 Å². The third kappa shape index (κ3) is 3.28. The number of fused-ring (bicyclic) bond motifs is 1. The lowest BCUT2D eigenvalue weighted by Gasteiger charge is -2.26. The smallest absolute Gasteiger partial charge is 0.290 e. The summed E-state index contributed by atoms with van der Waals surface area (Å²) in [6.45, 7) is 1.61. The van der Waals surface area contributed by atoms with Crippen LogP contribution in [-0.2, 0) is 16.0 Å². The maximum absolute atomic E-state index is 12.8. The Bertz CT molecular complexity index is 1180. The molecule has 154 valence electrons. The van der Waals surface area contributed by atoms with E-state index in [2.05, 4.69) is 4.98 Å². The van der Waals surface area contributed by atoms with E-state index in [0.717, 1.165) is 22.2 Å². The molecule has 0 fully saturated rings. The number of nitrogens with zero attached hydrogens (tertiary/aromatic N) is 1. The van der Waals surface area contributed by atoms with Gasteiger partial charge in [0, 0.05) is 23.6 Å². The summed E-state index contributed by atoms with van der Waals surface area (Å²) in [4.78, 5) is 29.7. The predicted octanol–water partition coefficient (Wildman–Crippen LogP) is 3.41. The molecule has 3 N–H and O–H groups in total. The maximum Gasteiger partial charge on any atom is 0.290 e. The van der Waals surface area contributed by atoms with Gasteiger partial charge < -0.3 is 24.8 Å². The number of aromatic hydroxyl groups is 1. The largest absolute Gasteiger partial charge is 0.508 e. The van der Waals surface area contributed by atoms with Crippen molar-refractivity contribution in [3.8, 4) is 11.5 Å². The van der Waals surface area contributed by atoms with Crippen LogP contribution in [0.1, 0.15) is 24.1 Å². The van der Waals surface area contributed by atoms with Gasteiger partial charge in [-0.2, -0.15) is 0 Å². The Morgan fingerprint density at radius 3 is 2.70 bits per heavy atom. The topological polar surface area (TPSA) is 103 Å². The molecule has 1 atom stereocenters. The number of aliphatic hydroxyl groups is 1.